The Balaban J connectivity index is 1.42. The molecule has 9 heteroatoms. The van der Waals surface area contributed by atoms with E-state index < -0.39 is 17.9 Å². The molecule has 2 atom stereocenters. The first-order chi connectivity index (χ1) is 23.2. The van der Waals surface area contributed by atoms with E-state index in [1.807, 2.05) is 60.7 Å². The number of nitrogens with zero attached hydrogens (tertiary/aromatic N) is 2. The Hall–Kier alpha value is -5.44. The lowest BCUT2D eigenvalue weighted by atomic mass is 9.91. The largest absolute Gasteiger partial charge is 0.497 e. The van der Waals surface area contributed by atoms with E-state index in [0.29, 0.717) is 29.3 Å². The van der Waals surface area contributed by atoms with E-state index >= 15 is 0 Å². The third-order valence-corrected chi connectivity index (χ3v) is 8.28. The number of anilines is 2. The van der Waals surface area contributed by atoms with Crippen molar-refractivity contribution in [3.8, 4) is 11.5 Å². The van der Waals surface area contributed by atoms with Crippen LogP contribution in [0.5, 0.6) is 11.5 Å². The summed E-state index contributed by atoms with van der Waals surface area (Å²) in [5.74, 6) is -0.394. The van der Waals surface area contributed by atoms with E-state index in [0.717, 1.165) is 11.1 Å². The van der Waals surface area contributed by atoms with Gasteiger partial charge in [0, 0.05) is 57.1 Å². The highest BCUT2D eigenvalue weighted by molar-refractivity contribution is 6.00. The molecule has 0 fully saturated rings. The van der Waals surface area contributed by atoms with Crippen LogP contribution in [-0.2, 0) is 32.0 Å². The van der Waals surface area contributed by atoms with Crippen molar-refractivity contribution in [1.29, 1.82) is 0 Å². The molecule has 0 aliphatic carbocycles. The van der Waals surface area contributed by atoms with Gasteiger partial charge in [0.2, 0.25) is 17.7 Å². The summed E-state index contributed by atoms with van der Waals surface area (Å²) in [7, 11) is 6.49. The minimum absolute atomic E-state index is 0.0198. The third kappa shape index (κ3) is 10.0. The van der Waals surface area contributed by atoms with Crippen LogP contribution in [-0.4, -0.2) is 57.9 Å². The number of ketones is 1. The van der Waals surface area contributed by atoms with Gasteiger partial charge in [-0.05, 0) is 66.1 Å². The first-order valence-corrected chi connectivity index (χ1v) is 15.9. The summed E-state index contributed by atoms with van der Waals surface area (Å²) < 4.78 is 10.5. The van der Waals surface area contributed by atoms with E-state index in [4.69, 9.17) is 9.47 Å². The van der Waals surface area contributed by atoms with Crippen molar-refractivity contribution in [1.82, 2.24) is 5.32 Å². The van der Waals surface area contributed by atoms with Crippen LogP contribution in [0.3, 0.4) is 0 Å². The maximum absolute atomic E-state index is 13.7. The van der Waals surface area contributed by atoms with E-state index in [9.17, 15) is 19.2 Å². The molecule has 0 aliphatic rings. The Morgan fingerprint density at radius 3 is 1.54 bits per heavy atom. The smallest absolute Gasteiger partial charge is 0.249 e. The van der Waals surface area contributed by atoms with Crippen molar-refractivity contribution in [3.05, 3.63) is 120 Å². The van der Waals surface area contributed by atoms with Gasteiger partial charge in [0.05, 0.1) is 14.2 Å². The Kier molecular flexibility index (Phi) is 12.9. The highest BCUT2D eigenvalue weighted by atomic mass is 16.5. The molecule has 0 aromatic heterocycles. The van der Waals surface area contributed by atoms with Crippen molar-refractivity contribution in [3.63, 3.8) is 0 Å². The van der Waals surface area contributed by atoms with E-state index in [1.54, 1.807) is 81.7 Å². The lowest BCUT2D eigenvalue weighted by Gasteiger charge is -2.25. The molecular weight excluding hydrogens is 606 g/mol. The Bertz CT molecular complexity index is 1520. The van der Waals surface area contributed by atoms with Crippen molar-refractivity contribution in [2.24, 2.45) is 5.92 Å². The molecule has 1 N–H and O–H groups in total. The fourth-order valence-electron chi connectivity index (χ4n) is 5.47. The number of Topliss-reactive ketones (excluding diaryl/α,β-unsaturated/α-hetero) is 1. The predicted molar refractivity (Wildman–Crippen MR) is 187 cm³/mol. The summed E-state index contributed by atoms with van der Waals surface area (Å²) in [6.45, 7) is 0. The van der Waals surface area contributed by atoms with Gasteiger partial charge in [-0.2, -0.15) is 0 Å². The summed E-state index contributed by atoms with van der Waals surface area (Å²) in [6, 6.07) is 32.4. The number of benzene rings is 4. The standard InChI is InChI=1S/C39H43N3O6/c1-41(31-15-20-34(47-3)21-16-31)38(45)30(25-28-11-7-5-8-12-28)27-33(43)19-24-37(44)40-36(26-29-13-9-6-10-14-29)39(46)42(2)32-17-22-35(48-4)23-18-32/h5-18,20-23,30,36H,19,24-27H2,1-4H3,(H,40,44)/t30-,36+/m1/s1. The van der Waals surface area contributed by atoms with Crippen LogP contribution in [0.2, 0.25) is 0 Å². The second kappa shape index (κ2) is 17.5. The topological polar surface area (TPSA) is 105 Å². The van der Waals surface area contributed by atoms with Crippen LogP contribution in [0.15, 0.2) is 109 Å². The molecule has 0 aliphatic heterocycles. The van der Waals surface area contributed by atoms with Gasteiger partial charge in [-0.25, -0.2) is 0 Å². The maximum Gasteiger partial charge on any atom is 0.249 e. The molecule has 0 spiro atoms. The van der Waals surface area contributed by atoms with Crippen LogP contribution < -0.4 is 24.6 Å². The minimum atomic E-state index is -0.854. The number of hydrogen-bond acceptors (Lipinski definition) is 6. The second-order valence-corrected chi connectivity index (χ2v) is 11.6. The molecule has 0 unspecified atom stereocenters. The number of hydrogen-bond donors (Lipinski definition) is 1. The third-order valence-electron chi connectivity index (χ3n) is 8.28. The van der Waals surface area contributed by atoms with Crippen molar-refractivity contribution in [2.75, 3.05) is 38.1 Å². The van der Waals surface area contributed by atoms with E-state index in [-0.39, 0.29) is 43.3 Å². The molecule has 4 aromatic carbocycles. The molecule has 0 saturated heterocycles. The van der Waals surface area contributed by atoms with Crippen LogP contribution in [0, 0.1) is 5.92 Å². The Morgan fingerprint density at radius 1 is 0.604 bits per heavy atom. The molecule has 4 rings (SSSR count). The SMILES string of the molecule is COc1ccc(N(C)C(=O)[C@@H](CC(=O)CCC(=O)N[C@@H](Cc2ccccc2)C(=O)N(C)c2ccc(OC)cc2)Cc2ccccc2)cc1. The molecule has 0 radical (unpaired) electrons. The van der Waals surface area contributed by atoms with Gasteiger partial charge in [0.15, 0.2) is 0 Å². The van der Waals surface area contributed by atoms with Gasteiger partial charge in [-0.15, -0.1) is 0 Å². The summed E-state index contributed by atoms with van der Waals surface area (Å²) in [6.07, 6.45) is 0.476. The number of likely N-dealkylation sites (N-methyl/N-ethyl adjacent to an activating group) is 1. The van der Waals surface area contributed by atoms with E-state index in [1.165, 1.54) is 4.90 Å². The number of carbonyl (C=O) groups excluding carboxylic acids is 4. The van der Waals surface area contributed by atoms with Crippen LogP contribution >= 0.6 is 0 Å². The molecule has 3 amide bonds. The number of carbonyl (C=O) groups is 4. The first kappa shape index (κ1) is 35.4. The van der Waals surface area contributed by atoms with Gasteiger partial charge in [0.25, 0.3) is 0 Å². The fourth-order valence-corrected chi connectivity index (χ4v) is 5.47. The fraction of sp³-hybridized carbons (Fsp3) is 0.282. The zero-order chi connectivity index (χ0) is 34.5. The normalized spacial score (nSPS) is 11.9. The number of amides is 3. The minimum Gasteiger partial charge on any atom is -0.497 e. The van der Waals surface area contributed by atoms with Crippen LogP contribution in [0.4, 0.5) is 11.4 Å². The average Bonchev–Trinajstić information content (AvgIpc) is 3.13. The molecular formula is C39H43N3O6. The molecule has 0 saturated carbocycles. The lowest BCUT2D eigenvalue weighted by Crippen LogP contribution is -2.48. The Labute approximate surface area is 282 Å². The molecule has 0 bridgehead atoms. The van der Waals surface area contributed by atoms with Crippen LogP contribution in [0.25, 0.3) is 0 Å². The number of ether oxygens (including phenoxy) is 2. The second-order valence-electron chi connectivity index (χ2n) is 11.6. The lowest BCUT2D eigenvalue weighted by molar-refractivity contribution is -0.130. The summed E-state index contributed by atoms with van der Waals surface area (Å²) in [5.41, 5.74) is 3.16. The molecule has 250 valence electrons. The highest BCUT2D eigenvalue weighted by Crippen LogP contribution is 2.24. The van der Waals surface area contributed by atoms with Crippen molar-refractivity contribution < 1.29 is 28.7 Å². The van der Waals surface area contributed by atoms with Crippen molar-refractivity contribution >= 4 is 34.9 Å². The monoisotopic (exact) mass is 649 g/mol. The average molecular weight is 650 g/mol. The van der Waals surface area contributed by atoms with Crippen LogP contribution in [0.1, 0.15) is 30.4 Å². The first-order valence-electron chi connectivity index (χ1n) is 15.9. The number of rotatable bonds is 16. The quantitative estimate of drug-likeness (QED) is 0.168. The summed E-state index contributed by atoms with van der Waals surface area (Å²) in [5, 5.41) is 2.87. The van der Waals surface area contributed by atoms with Gasteiger partial charge >= 0.3 is 0 Å². The summed E-state index contributed by atoms with van der Waals surface area (Å²) >= 11 is 0. The summed E-state index contributed by atoms with van der Waals surface area (Å²) in [4.78, 5) is 56.9. The number of methoxy groups -OCH3 is 2. The highest BCUT2D eigenvalue weighted by Gasteiger charge is 2.28. The van der Waals surface area contributed by atoms with Crippen molar-refractivity contribution in [2.45, 2.75) is 38.1 Å². The van der Waals surface area contributed by atoms with Gasteiger partial charge < -0.3 is 24.6 Å². The molecule has 48 heavy (non-hydrogen) atoms. The predicted octanol–water partition coefficient (Wildman–Crippen LogP) is 5.66. The number of nitrogens with one attached hydrogen (secondary N) is 1. The maximum atomic E-state index is 13.7. The van der Waals surface area contributed by atoms with Gasteiger partial charge in [-0.3, -0.25) is 19.2 Å². The molecule has 9 nitrogen and oxygen atoms in total. The zero-order valence-corrected chi connectivity index (χ0v) is 27.9. The molecule has 4 aromatic rings. The van der Waals surface area contributed by atoms with Gasteiger partial charge in [0.1, 0.15) is 23.3 Å². The molecule has 0 heterocycles. The van der Waals surface area contributed by atoms with Gasteiger partial charge in [-0.1, -0.05) is 60.7 Å². The van der Waals surface area contributed by atoms with E-state index in [2.05, 4.69) is 5.32 Å². The Morgan fingerprint density at radius 2 is 1.06 bits per heavy atom. The zero-order valence-electron chi connectivity index (χ0n) is 27.9.